The summed E-state index contributed by atoms with van der Waals surface area (Å²) in [5, 5.41) is 3.69. The Kier molecular flexibility index (Phi) is 6.28. The van der Waals surface area contributed by atoms with Crippen LogP contribution in [-0.4, -0.2) is 33.2 Å². The van der Waals surface area contributed by atoms with Gasteiger partial charge in [0.1, 0.15) is 5.75 Å². The molecule has 2 aromatic carbocycles. The van der Waals surface area contributed by atoms with Crippen LogP contribution < -0.4 is 14.4 Å². The van der Waals surface area contributed by atoms with Gasteiger partial charge in [-0.1, -0.05) is 56.1 Å². The number of anilines is 1. The van der Waals surface area contributed by atoms with Gasteiger partial charge < -0.3 is 10.1 Å². The molecule has 1 aliphatic heterocycles. The number of carbonyl (C=O) groups excluding carboxylic acids is 1. The van der Waals surface area contributed by atoms with Crippen LogP contribution in [0.25, 0.3) is 0 Å². The first-order chi connectivity index (χ1) is 13.9. The molecule has 0 aliphatic carbocycles. The Morgan fingerprint density at radius 3 is 2.50 bits per heavy atom. The van der Waals surface area contributed by atoms with Crippen LogP contribution in [0.3, 0.4) is 0 Å². The van der Waals surface area contributed by atoms with Crippen LogP contribution in [0.15, 0.2) is 36.4 Å². The predicted octanol–water partition coefficient (Wildman–Crippen LogP) is 4.13. The average molecular weight is 471 g/mol. The smallest absolute Gasteiger partial charge is 0.263 e. The summed E-state index contributed by atoms with van der Waals surface area (Å²) in [4.78, 5) is 12.7. The highest BCUT2D eigenvalue weighted by Crippen LogP contribution is 2.38. The van der Waals surface area contributed by atoms with Crippen LogP contribution in [-0.2, 0) is 26.8 Å². The van der Waals surface area contributed by atoms with Gasteiger partial charge in [0.25, 0.3) is 5.91 Å². The van der Waals surface area contributed by atoms with Gasteiger partial charge in [-0.15, -0.1) is 0 Å². The molecule has 2 aromatic rings. The minimum absolute atomic E-state index is 0.111. The average Bonchev–Trinajstić information content (AvgIpc) is 2.64. The molecule has 0 spiro atoms. The van der Waals surface area contributed by atoms with Crippen molar-refractivity contribution < 1.29 is 17.9 Å². The summed E-state index contributed by atoms with van der Waals surface area (Å²) in [5.41, 5.74) is 1.94. The molecule has 0 fully saturated rings. The SMILES string of the molecule is CC(C)(C)c1ccc2c(c1)N(S(C)(=O)=O)CC(C(=O)NCc1ccc(Cl)cc1Cl)O2. The summed E-state index contributed by atoms with van der Waals surface area (Å²) < 4.78 is 32.0. The van der Waals surface area contributed by atoms with Crippen LogP contribution in [0.1, 0.15) is 31.9 Å². The third-order valence-corrected chi connectivity index (χ3v) is 6.59. The Morgan fingerprint density at radius 2 is 1.90 bits per heavy atom. The monoisotopic (exact) mass is 470 g/mol. The first kappa shape index (κ1) is 22.7. The zero-order chi connectivity index (χ0) is 22.3. The van der Waals surface area contributed by atoms with Crippen LogP contribution in [0.2, 0.25) is 10.0 Å². The molecule has 162 valence electrons. The zero-order valence-electron chi connectivity index (χ0n) is 17.2. The summed E-state index contributed by atoms with van der Waals surface area (Å²) in [6.45, 7) is 6.19. The van der Waals surface area contributed by atoms with Gasteiger partial charge in [-0.2, -0.15) is 0 Å². The molecule has 0 saturated carbocycles. The van der Waals surface area contributed by atoms with E-state index in [1.54, 1.807) is 30.3 Å². The Balaban J connectivity index is 1.83. The molecule has 6 nitrogen and oxygen atoms in total. The summed E-state index contributed by atoms with van der Waals surface area (Å²) in [7, 11) is -3.61. The highest BCUT2D eigenvalue weighted by molar-refractivity contribution is 7.92. The topological polar surface area (TPSA) is 75.7 Å². The van der Waals surface area contributed by atoms with Crippen LogP contribution >= 0.6 is 23.2 Å². The molecule has 1 atom stereocenters. The predicted molar refractivity (Wildman–Crippen MR) is 120 cm³/mol. The molecule has 1 N–H and O–H groups in total. The Hall–Kier alpha value is -1.96. The van der Waals surface area contributed by atoms with Gasteiger partial charge in [0.15, 0.2) is 6.10 Å². The number of sulfonamides is 1. The molecule has 0 aromatic heterocycles. The lowest BCUT2D eigenvalue weighted by Crippen LogP contribution is -2.50. The molecule has 1 amide bonds. The number of hydrogen-bond acceptors (Lipinski definition) is 4. The minimum atomic E-state index is -3.61. The van der Waals surface area contributed by atoms with Crippen molar-refractivity contribution >= 4 is 44.8 Å². The van der Waals surface area contributed by atoms with Crippen molar-refractivity contribution in [2.45, 2.75) is 38.8 Å². The van der Waals surface area contributed by atoms with Crippen molar-refractivity contribution in [3.63, 3.8) is 0 Å². The quantitative estimate of drug-likeness (QED) is 0.728. The highest BCUT2D eigenvalue weighted by atomic mass is 35.5. The van der Waals surface area contributed by atoms with E-state index in [-0.39, 0.29) is 18.5 Å². The number of ether oxygens (including phenoxy) is 1. The Labute approximate surface area is 187 Å². The van der Waals surface area contributed by atoms with Crippen molar-refractivity contribution in [3.05, 3.63) is 57.6 Å². The Bertz CT molecular complexity index is 1080. The minimum Gasteiger partial charge on any atom is -0.476 e. The van der Waals surface area contributed by atoms with Crippen molar-refractivity contribution in [2.75, 3.05) is 17.1 Å². The number of rotatable bonds is 4. The van der Waals surface area contributed by atoms with Crippen LogP contribution in [0.5, 0.6) is 5.75 Å². The molecule has 1 aliphatic rings. The third kappa shape index (κ3) is 5.02. The molecule has 30 heavy (non-hydrogen) atoms. The van der Waals surface area contributed by atoms with Crippen molar-refractivity contribution in [1.82, 2.24) is 5.32 Å². The number of amides is 1. The second-order valence-electron chi connectivity index (χ2n) is 8.29. The number of nitrogens with one attached hydrogen (secondary N) is 1. The Morgan fingerprint density at radius 1 is 1.20 bits per heavy atom. The van der Waals surface area contributed by atoms with Gasteiger partial charge in [0.05, 0.1) is 18.5 Å². The van der Waals surface area contributed by atoms with Gasteiger partial charge in [-0.05, 0) is 40.8 Å². The summed E-state index contributed by atoms with van der Waals surface area (Å²) in [6.07, 6.45) is 0.132. The maximum Gasteiger partial charge on any atom is 0.263 e. The molecule has 9 heteroatoms. The van der Waals surface area contributed by atoms with E-state index in [0.29, 0.717) is 27.0 Å². The molecule has 1 heterocycles. The van der Waals surface area contributed by atoms with E-state index in [1.807, 2.05) is 26.8 Å². The van der Waals surface area contributed by atoms with E-state index in [2.05, 4.69) is 5.32 Å². The number of carbonyl (C=O) groups is 1. The van der Waals surface area contributed by atoms with E-state index in [9.17, 15) is 13.2 Å². The maximum absolute atomic E-state index is 12.7. The fourth-order valence-electron chi connectivity index (χ4n) is 3.13. The van der Waals surface area contributed by atoms with E-state index in [0.717, 1.165) is 11.8 Å². The lowest BCUT2D eigenvalue weighted by Gasteiger charge is -2.35. The summed E-state index contributed by atoms with van der Waals surface area (Å²) >= 11 is 12.0. The van der Waals surface area contributed by atoms with Gasteiger partial charge in [0, 0.05) is 16.6 Å². The zero-order valence-corrected chi connectivity index (χ0v) is 19.5. The van der Waals surface area contributed by atoms with Gasteiger partial charge >= 0.3 is 0 Å². The van der Waals surface area contributed by atoms with Gasteiger partial charge in [-0.25, -0.2) is 8.42 Å². The normalized spacial score (nSPS) is 16.6. The molecule has 0 radical (unpaired) electrons. The van der Waals surface area contributed by atoms with E-state index in [1.165, 1.54) is 4.31 Å². The number of fused-ring (bicyclic) bond motifs is 1. The summed E-state index contributed by atoms with van der Waals surface area (Å²) in [6, 6.07) is 10.4. The second kappa shape index (κ2) is 8.29. The number of benzene rings is 2. The third-order valence-electron chi connectivity index (χ3n) is 4.86. The number of hydrogen-bond donors (Lipinski definition) is 1. The van der Waals surface area contributed by atoms with Crippen LogP contribution in [0, 0.1) is 0 Å². The van der Waals surface area contributed by atoms with Crippen LogP contribution in [0.4, 0.5) is 5.69 Å². The second-order valence-corrected chi connectivity index (χ2v) is 11.0. The lowest BCUT2D eigenvalue weighted by molar-refractivity contribution is -0.127. The molecular weight excluding hydrogens is 447 g/mol. The fraction of sp³-hybridized carbons (Fsp3) is 0.381. The number of nitrogens with zero attached hydrogens (tertiary/aromatic N) is 1. The highest BCUT2D eigenvalue weighted by Gasteiger charge is 2.35. The van der Waals surface area contributed by atoms with E-state index >= 15 is 0 Å². The van der Waals surface area contributed by atoms with E-state index < -0.39 is 22.0 Å². The largest absolute Gasteiger partial charge is 0.476 e. The molecule has 0 saturated heterocycles. The van der Waals surface area contributed by atoms with Gasteiger partial charge in [0.2, 0.25) is 10.0 Å². The standard InChI is InChI=1S/C21H24Cl2N2O4S/c1-21(2,3)14-6-8-18-17(9-14)25(30(4,27)28)12-19(29-18)20(26)24-11-13-5-7-15(22)10-16(13)23/h5-10,19H,11-12H2,1-4H3,(H,24,26). The molecule has 3 rings (SSSR count). The number of halogens is 2. The molecule has 1 unspecified atom stereocenters. The summed E-state index contributed by atoms with van der Waals surface area (Å²) in [5.74, 6) is -0.0791. The van der Waals surface area contributed by atoms with E-state index in [4.69, 9.17) is 27.9 Å². The molecular formula is C21H24Cl2N2O4S. The van der Waals surface area contributed by atoms with Crippen molar-refractivity contribution in [2.24, 2.45) is 0 Å². The first-order valence-electron chi connectivity index (χ1n) is 9.37. The fourth-order valence-corrected chi connectivity index (χ4v) is 4.51. The lowest BCUT2D eigenvalue weighted by atomic mass is 9.86. The molecule has 0 bridgehead atoms. The van der Waals surface area contributed by atoms with Gasteiger partial charge in [-0.3, -0.25) is 9.10 Å². The maximum atomic E-state index is 12.7. The van der Waals surface area contributed by atoms with Crippen molar-refractivity contribution in [3.8, 4) is 5.75 Å². The first-order valence-corrected chi connectivity index (χ1v) is 12.0. The van der Waals surface area contributed by atoms with Crippen molar-refractivity contribution in [1.29, 1.82) is 0 Å².